The molecule has 2 aromatic rings. The summed E-state index contributed by atoms with van der Waals surface area (Å²) < 4.78 is 2.18. The molecule has 0 bridgehead atoms. The lowest BCUT2D eigenvalue weighted by atomic mass is 9.75. The SMILES string of the molecule is CCc1nc(-n2ccc3c2CC(C)(C)CC3O)sc1C. The molecule has 20 heavy (non-hydrogen) atoms. The molecule has 0 amide bonds. The van der Waals surface area contributed by atoms with E-state index in [1.54, 1.807) is 11.3 Å². The van der Waals surface area contributed by atoms with Crippen molar-refractivity contribution in [1.82, 2.24) is 9.55 Å². The molecule has 108 valence electrons. The summed E-state index contributed by atoms with van der Waals surface area (Å²) in [6.07, 6.45) is 4.52. The maximum Gasteiger partial charge on any atom is 0.194 e. The van der Waals surface area contributed by atoms with Gasteiger partial charge in [-0.2, -0.15) is 0 Å². The van der Waals surface area contributed by atoms with E-state index in [2.05, 4.69) is 44.5 Å². The van der Waals surface area contributed by atoms with E-state index < -0.39 is 0 Å². The molecule has 1 N–H and O–H groups in total. The van der Waals surface area contributed by atoms with Crippen molar-refractivity contribution < 1.29 is 5.11 Å². The van der Waals surface area contributed by atoms with E-state index in [1.165, 1.54) is 16.3 Å². The smallest absolute Gasteiger partial charge is 0.194 e. The third-order valence-corrected chi connectivity index (χ3v) is 5.21. The van der Waals surface area contributed by atoms with Crippen LogP contribution in [0.5, 0.6) is 0 Å². The summed E-state index contributed by atoms with van der Waals surface area (Å²) in [4.78, 5) is 6.04. The van der Waals surface area contributed by atoms with Crippen molar-refractivity contribution in [3.63, 3.8) is 0 Å². The maximum absolute atomic E-state index is 10.3. The summed E-state index contributed by atoms with van der Waals surface area (Å²) in [6, 6.07) is 2.05. The molecule has 1 atom stereocenters. The minimum Gasteiger partial charge on any atom is -0.388 e. The largest absolute Gasteiger partial charge is 0.388 e. The summed E-state index contributed by atoms with van der Waals surface area (Å²) in [5.74, 6) is 0. The number of fused-ring (bicyclic) bond motifs is 1. The second-order valence-corrected chi connectivity index (χ2v) is 7.68. The fourth-order valence-electron chi connectivity index (χ4n) is 3.15. The van der Waals surface area contributed by atoms with Gasteiger partial charge in [0.2, 0.25) is 0 Å². The minimum absolute atomic E-state index is 0.141. The number of nitrogens with zero attached hydrogens (tertiary/aromatic N) is 2. The zero-order valence-electron chi connectivity index (χ0n) is 12.6. The first-order valence-electron chi connectivity index (χ1n) is 7.26. The number of aryl methyl sites for hydroxylation is 2. The van der Waals surface area contributed by atoms with Gasteiger partial charge in [-0.3, -0.25) is 4.57 Å². The van der Waals surface area contributed by atoms with Crippen molar-refractivity contribution in [2.75, 3.05) is 0 Å². The van der Waals surface area contributed by atoms with E-state index in [4.69, 9.17) is 4.98 Å². The Morgan fingerprint density at radius 3 is 2.90 bits per heavy atom. The van der Waals surface area contributed by atoms with E-state index in [1.807, 2.05) is 0 Å². The summed E-state index contributed by atoms with van der Waals surface area (Å²) in [5, 5.41) is 11.4. The summed E-state index contributed by atoms with van der Waals surface area (Å²) in [7, 11) is 0. The quantitative estimate of drug-likeness (QED) is 0.913. The average Bonchev–Trinajstić information content (AvgIpc) is 2.91. The van der Waals surface area contributed by atoms with E-state index in [-0.39, 0.29) is 11.5 Å². The van der Waals surface area contributed by atoms with Crippen molar-refractivity contribution in [2.24, 2.45) is 5.41 Å². The fraction of sp³-hybridized carbons (Fsp3) is 0.562. The highest BCUT2D eigenvalue weighted by Gasteiger charge is 2.33. The standard InChI is InChI=1S/C16H22N2OS/c1-5-12-10(2)20-15(17-12)18-7-6-11-13(18)8-16(3,4)9-14(11)19/h6-7,14,19H,5,8-9H2,1-4H3. The van der Waals surface area contributed by atoms with Gasteiger partial charge in [-0.25, -0.2) is 4.98 Å². The van der Waals surface area contributed by atoms with E-state index in [0.717, 1.165) is 30.0 Å². The van der Waals surface area contributed by atoms with E-state index in [0.29, 0.717) is 0 Å². The number of hydrogen-bond acceptors (Lipinski definition) is 3. The molecule has 1 aliphatic rings. The molecule has 2 aromatic heterocycles. The Bertz CT molecular complexity index is 639. The van der Waals surface area contributed by atoms with Gasteiger partial charge < -0.3 is 5.11 Å². The van der Waals surface area contributed by atoms with Gasteiger partial charge in [0.05, 0.1) is 11.8 Å². The summed E-state index contributed by atoms with van der Waals surface area (Å²) in [5.41, 5.74) is 3.63. The van der Waals surface area contributed by atoms with E-state index in [9.17, 15) is 5.11 Å². The van der Waals surface area contributed by atoms with Crippen LogP contribution in [0.15, 0.2) is 12.3 Å². The van der Waals surface area contributed by atoms with Crippen molar-refractivity contribution in [1.29, 1.82) is 0 Å². The Balaban J connectivity index is 2.08. The minimum atomic E-state index is -0.346. The van der Waals surface area contributed by atoms with Crippen LogP contribution >= 0.6 is 11.3 Å². The lowest BCUT2D eigenvalue weighted by molar-refractivity contribution is 0.0987. The van der Waals surface area contributed by atoms with Crippen LogP contribution < -0.4 is 0 Å². The average molecular weight is 290 g/mol. The number of aliphatic hydroxyl groups is 1. The highest BCUT2D eigenvalue weighted by molar-refractivity contribution is 7.14. The van der Waals surface area contributed by atoms with Crippen molar-refractivity contribution >= 4 is 11.3 Å². The van der Waals surface area contributed by atoms with Gasteiger partial charge in [-0.1, -0.05) is 20.8 Å². The molecule has 1 aliphatic carbocycles. The molecule has 1 unspecified atom stereocenters. The van der Waals surface area contributed by atoms with Crippen LogP contribution in [0, 0.1) is 12.3 Å². The molecule has 3 nitrogen and oxygen atoms in total. The lowest BCUT2D eigenvalue weighted by Gasteiger charge is -2.33. The Labute approximate surface area is 124 Å². The van der Waals surface area contributed by atoms with E-state index >= 15 is 0 Å². The second kappa shape index (κ2) is 4.71. The van der Waals surface area contributed by atoms with Crippen LogP contribution in [-0.4, -0.2) is 14.7 Å². The van der Waals surface area contributed by atoms with Gasteiger partial charge >= 0.3 is 0 Å². The van der Waals surface area contributed by atoms with Crippen LogP contribution in [0.1, 0.15) is 55.1 Å². The number of aromatic nitrogens is 2. The Kier molecular flexibility index (Phi) is 3.26. The lowest BCUT2D eigenvalue weighted by Crippen LogP contribution is -2.26. The summed E-state index contributed by atoms with van der Waals surface area (Å²) >= 11 is 1.74. The third-order valence-electron chi connectivity index (χ3n) is 4.20. The maximum atomic E-state index is 10.3. The van der Waals surface area contributed by atoms with Crippen LogP contribution in [0.3, 0.4) is 0 Å². The number of aliphatic hydroxyl groups excluding tert-OH is 1. The molecular weight excluding hydrogens is 268 g/mol. The molecule has 0 radical (unpaired) electrons. The van der Waals surface area contributed by atoms with Crippen molar-refractivity contribution in [2.45, 2.75) is 53.1 Å². The third kappa shape index (κ3) is 2.21. The Hall–Kier alpha value is -1.13. The first-order valence-corrected chi connectivity index (χ1v) is 8.08. The molecular formula is C16H22N2OS. The molecule has 3 rings (SSSR count). The van der Waals surface area contributed by atoms with Crippen LogP contribution in [-0.2, 0) is 12.8 Å². The first kappa shape index (κ1) is 13.8. The Morgan fingerprint density at radius 2 is 2.25 bits per heavy atom. The molecule has 4 heteroatoms. The predicted octanol–water partition coefficient (Wildman–Crippen LogP) is 3.81. The highest BCUT2D eigenvalue weighted by atomic mass is 32.1. The molecule has 0 saturated heterocycles. The summed E-state index contributed by atoms with van der Waals surface area (Å²) in [6.45, 7) is 8.72. The van der Waals surface area contributed by atoms with Crippen molar-refractivity contribution in [3.8, 4) is 5.13 Å². The molecule has 0 spiro atoms. The van der Waals surface area contributed by atoms with Gasteiger partial charge in [0.25, 0.3) is 0 Å². The molecule has 0 saturated carbocycles. The zero-order chi connectivity index (χ0) is 14.5. The van der Waals surface area contributed by atoms with Gasteiger partial charge in [0.1, 0.15) is 0 Å². The van der Waals surface area contributed by atoms with Crippen LogP contribution in [0.2, 0.25) is 0 Å². The molecule has 2 heterocycles. The van der Waals surface area contributed by atoms with Crippen LogP contribution in [0.4, 0.5) is 0 Å². The second-order valence-electron chi connectivity index (χ2n) is 6.50. The monoisotopic (exact) mass is 290 g/mol. The zero-order valence-corrected chi connectivity index (χ0v) is 13.4. The number of rotatable bonds is 2. The van der Waals surface area contributed by atoms with Crippen LogP contribution in [0.25, 0.3) is 5.13 Å². The topological polar surface area (TPSA) is 38.0 Å². The van der Waals surface area contributed by atoms with Gasteiger partial charge in [-0.05, 0) is 37.7 Å². The molecule has 0 aliphatic heterocycles. The normalized spacial score (nSPS) is 20.9. The van der Waals surface area contributed by atoms with Gasteiger partial charge in [-0.15, -0.1) is 11.3 Å². The van der Waals surface area contributed by atoms with Crippen molar-refractivity contribution in [3.05, 3.63) is 34.1 Å². The first-order chi connectivity index (χ1) is 9.41. The predicted molar refractivity (Wildman–Crippen MR) is 82.6 cm³/mol. The number of thiazole rings is 1. The fourth-order valence-corrected chi connectivity index (χ4v) is 4.16. The van der Waals surface area contributed by atoms with Gasteiger partial charge in [0, 0.05) is 22.3 Å². The molecule has 0 fully saturated rings. The molecule has 0 aromatic carbocycles. The number of hydrogen-bond donors (Lipinski definition) is 1. The van der Waals surface area contributed by atoms with Gasteiger partial charge in [0.15, 0.2) is 5.13 Å². The Morgan fingerprint density at radius 1 is 1.50 bits per heavy atom. The highest BCUT2D eigenvalue weighted by Crippen LogP contribution is 2.42.